The highest BCUT2D eigenvalue weighted by molar-refractivity contribution is 5.81. The smallest absolute Gasteiger partial charge is 0.223 e. The Morgan fingerprint density at radius 3 is 3.09 bits per heavy atom. The van der Waals surface area contributed by atoms with Gasteiger partial charge in [-0.2, -0.15) is 0 Å². The zero-order chi connectivity index (χ0) is 15.1. The van der Waals surface area contributed by atoms with Crippen LogP contribution >= 0.6 is 0 Å². The van der Waals surface area contributed by atoms with Gasteiger partial charge < -0.3 is 9.88 Å². The minimum Gasteiger partial charge on any atom is -0.346 e. The summed E-state index contributed by atoms with van der Waals surface area (Å²) < 4.78 is 0. The molecule has 2 saturated heterocycles. The van der Waals surface area contributed by atoms with Gasteiger partial charge in [-0.05, 0) is 55.7 Å². The number of nitrogens with zero attached hydrogens (tertiary/aromatic N) is 2. The lowest BCUT2D eigenvalue weighted by Gasteiger charge is -2.53. The molecule has 1 N–H and O–H groups in total. The number of pyridine rings is 1. The molecule has 4 heterocycles. The summed E-state index contributed by atoms with van der Waals surface area (Å²) in [6, 6.07) is 5.04. The van der Waals surface area contributed by atoms with Crippen LogP contribution < -0.4 is 0 Å². The Hall–Kier alpha value is -1.84. The fraction of sp³-hybridized carbons (Fsp3) is 0.556. The van der Waals surface area contributed by atoms with Gasteiger partial charge in [0.25, 0.3) is 0 Å². The molecule has 116 valence electrons. The lowest BCUT2D eigenvalue weighted by molar-refractivity contribution is -0.146. The highest BCUT2D eigenvalue weighted by atomic mass is 16.2. The van der Waals surface area contributed by atoms with Crippen molar-refractivity contribution in [2.24, 2.45) is 5.92 Å². The lowest BCUT2D eigenvalue weighted by Crippen LogP contribution is -2.58. The summed E-state index contributed by atoms with van der Waals surface area (Å²) >= 11 is 0. The third-order valence-electron chi connectivity index (χ3n) is 5.51. The van der Waals surface area contributed by atoms with E-state index >= 15 is 0 Å². The Morgan fingerprint density at radius 2 is 2.27 bits per heavy atom. The number of hydrogen-bond donors (Lipinski definition) is 1. The van der Waals surface area contributed by atoms with Crippen LogP contribution in [0.3, 0.4) is 0 Å². The van der Waals surface area contributed by atoms with Crippen molar-refractivity contribution in [2.75, 3.05) is 0 Å². The number of carbonyl (C=O) groups excluding carboxylic acids is 1. The molecule has 1 unspecified atom stereocenters. The zero-order valence-electron chi connectivity index (χ0n) is 13.1. The topological polar surface area (TPSA) is 49.0 Å². The maximum Gasteiger partial charge on any atom is 0.223 e. The second kappa shape index (κ2) is 5.41. The number of carbonyl (C=O) groups is 1. The molecule has 0 radical (unpaired) electrons. The summed E-state index contributed by atoms with van der Waals surface area (Å²) in [5, 5.41) is 1.14. The number of rotatable bonds is 4. The number of H-pyrrole nitrogens is 1. The minimum atomic E-state index is 0.341. The molecule has 2 aromatic heterocycles. The van der Waals surface area contributed by atoms with Gasteiger partial charge in [0.15, 0.2) is 0 Å². The van der Waals surface area contributed by atoms with Gasteiger partial charge in [-0.3, -0.25) is 4.79 Å². The molecule has 5 rings (SSSR count). The number of nitrogens with one attached hydrogen (secondary N) is 1. The summed E-state index contributed by atoms with van der Waals surface area (Å²) in [6.45, 7) is 2.21. The van der Waals surface area contributed by atoms with E-state index in [4.69, 9.17) is 0 Å². The maximum absolute atomic E-state index is 12.7. The van der Waals surface area contributed by atoms with E-state index in [0.717, 1.165) is 29.8 Å². The second-order valence-corrected chi connectivity index (χ2v) is 6.80. The van der Waals surface area contributed by atoms with Gasteiger partial charge >= 0.3 is 0 Å². The summed E-state index contributed by atoms with van der Waals surface area (Å²) in [6.07, 6.45) is 9.98. The average Bonchev–Trinajstić information content (AvgIpc) is 2.94. The molecule has 0 spiro atoms. The first kappa shape index (κ1) is 13.8. The highest BCUT2D eigenvalue weighted by Crippen LogP contribution is 2.43. The molecule has 1 amide bonds. The number of amides is 1. The number of aromatic amines is 1. The van der Waals surface area contributed by atoms with Crippen molar-refractivity contribution in [3.8, 4) is 0 Å². The number of aromatic nitrogens is 2. The third kappa shape index (κ3) is 2.21. The van der Waals surface area contributed by atoms with Crippen LogP contribution in [0, 0.1) is 5.92 Å². The van der Waals surface area contributed by atoms with Gasteiger partial charge in [0, 0.05) is 36.3 Å². The normalized spacial score (nSPS) is 27.0. The lowest BCUT2D eigenvalue weighted by atomic mass is 9.70. The van der Waals surface area contributed by atoms with Crippen LogP contribution in [-0.4, -0.2) is 32.9 Å². The van der Waals surface area contributed by atoms with E-state index in [1.807, 2.05) is 12.3 Å². The fourth-order valence-corrected chi connectivity index (χ4v) is 4.28. The molecule has 4 heteroatoms. The summed E-state index contributed by atoms with van der Waals surface area (Å²) in [7, 11) is 0. The number of piperidine rings is 2. The molecule has 4 nitrogen and oxygen atoms in total. The molecule has 1 atom stereocenters. The van der Waals surface area contributed by atoms with Crippen molar-refractivity contribution in [3.05, 3.63) is 30.1 Å². The van der Waals surface area contributed by atoms with E-state index in [1.165, 1.54) is 24.8 Å². The van der Waals surface area contributed by atoms with Crippen molar-refractivity contribution < 1.29 is 4.79 Å². The number of aryl methyl sites for hydroxylation is 1. The maximum atomic E-state index is 12.7. The molecule has 2 aromatic rings. The molecule has 1 aliphatic carbocycles. The monoisotopic (exact) mass is 297 g/mol. The first-order valence-corrected chi connectivity index (χ1v) is 8.48. The Labute approximate surface area is 130 Å². The fourth-order valence-electron chi connectivity index (χ4n) is 4.28. The average molecular weight is 297 g/mol. The predicted octanol–water partition coefficient (Wildman–Crippen LogP) is 3.29. The predicted molar refractivity (Wildman–Crippen MR) is 86.5 cm³/mol. The SMILES string of the molecule is CCC1CC2CC(C2)N1C(=O)CCc1c[nH]c2ncccc12. The van der Waals surface area contributed by atoms with Crippen LogP contribution in [-0.2, 0) is 11.2 Å². The van der Waals surface area contributed by atoms with Gasteiger partial charge in [0.1, 0.15) is 5.65 Å². The molecule has 3 fully saturated rings. The van der Waals surface area contributed by atoms with Gasteiger partial charge in [-0.1, -0.05) is 6.92 Å². The number of fused-ring (bicyclic) bond motifs is 3. The molecule has 1 saturated carbocycles. The van der Waals surface area contributed by atoms with Gasteiger partial charge in [-0.15, -0.1) is 0 Å². The Bertz CT molecular complexity index is 686. The molecular weight excluding hydrogens is 274 g/mol. The van der Waals surface area contributed by atoms with E-state index in [9.17, 15) is 4.79 Å². The Balaban J connectivity index is 1.45. The van der Waals surface area contributed by atoms with Crippen molar-refractivity contribution in [2.45, 2.75) is 57.5 Å². The third-order valence-corrected chi connectivity index (χ3v) is 5.51. The van der Waals surface area contributed by atoms with Crippen LogP contribution in [0.4, 0.5) is 0 Å². The van der Waals surface area contributed by atoms with E-state index < -0.39 is 0 Å². The van der Waals surface area contributed by atoms with Gasteiger partial charge in [0.05, 0.1) is 0 Å². The van der Waals surface area contributed by atoms with E-state index in [1.54, 1.807) is 6.20 Å². The number of hydrogen-bond acceptors (Lipinski definition) is 2. The van der Waals surface area contributed by atoms with E-state index in [0.29, 0.717) is 24.4 Å². The van der Waals surface area contributed by atoms with Crippen LogP contribution in [0.5, 0.6) is 0 Å². The molecule has 3 aliphatic rings. The first-order valence-electron chi connectivity index (χ1n) is 8.48. The summed E-state index contributed by atoms with van der Waals surface area (Å²) in [4.78, 5) is 22.5. The van der Waals surface area contributed by atoms with Crippen molar-refractivity contribution in [1.29, 1.82) is 0 Å². The quantitative estimate of drug-likeness (QED) is 0.941. The van der Waals surface area contributed by atoms with Crippen LogP contribution in [0.2, 0.25) is 0 Å². The molecule has 2 bridgehead atoms. The first-order chi connectivity index (χ1) is 10.8. The second-order valence-electron chi connectivity index (χ2n) is 6.80. The highest BCUT2D eigenvalue weighted by Gasteiger charge is 2.44. The van der Waals surface area contributed by atoms with Crippen molar-refractivity contribution in [1.82, 2.24) is 14.9 Å². The minimum absolute atomic E-state index is 0.341. The van der Waals surface area contributed by atoms with Crippen LogP contribution in [0.1, 0.15) is 44.6 Å². The van der Waals surface area contributed by atoms with E-state index in [-0.39, 0.29) is 0 Å². The standard InChI is InChI=1S/C18H23N3O/c1-2-14-8-12-9-15(10-12)21(14)17(22)6-5-13-11-20-18-16(13)4-3-7-19-18/h3-4,7,11-12,14-15H,2,5-6,8-10H2,1H3,(H,19,20). The van der Waals surface area contributed by atoms with Crippen molar-refractivity contribution >= 4 is 16.9 Å². The molecule has 22 heavy (non-hydrogen) atoms. The Morgan fingerprint density at radius 1 is 1.41 bits per heavy atom. The zero-order valence-corrected chi connectivity index (χ0v) is 13.1. The van der Waals surface area contributed by atoms with Gasteiger partial charge in [0.2, 0.25) is 5.91 Å². The summed E-state index contributed by atoms with van der Waals surface area (Å²) in [5.74, 6) is 1.23. The molecule has 2 aliphatic heterocycles. The molecular formula is C18H23N3O. The molecule has 0 aromatic carbocycles. The van der Waals surface area contributed by atoms with E-state index in [2.05, 4.69) is 27.9 Å². The van der Waals surface area contributed by atoms with Crippen LogP contribution in [0.25, 0.3) is 11.0 Å². The largest absolute Gasteiger partial charge is 0.346 e. The van der Waals surface area contributed by atoms with Gasteiger partial charge in [-0.25, -0.2) is 4.98 Å². The van der Waals surface area contributed by atoms with Crippen LogP contribution in [0.15, 0.2) is 24.5 Å². The Kier molecular flexibility index (Phi) is 3.40. The van der Waals surface area contributed by atoms with Crippen molar-refractivity contribution in [3.63, 3.8) is 0 Å². The summed E-state index contributed by atoms with van der Waals surface area (Å²) in [5.41, 5.74) is 2.11.